The number of aliphatic hydroxyl groups is 1. The maximum Gasteiger partial charge on any atom is 0.194 e. The van der Waals surface area contributed by atoms with Crippen molar-refractivity contribution in [2.45, 2.75) is 27.1 Å². The second kappa shape index (κ2) is 9.49. The topological polar surface area (TPSA) is 77.9 Å². The molecule has 0 aliphatic heterocycles. The fourth-order valence-corrected chi connectivity index (χ4v) is 3.20. The van der Waals surface area contributed by atoms with E-state index in [1.807, 2.05) is 13.8 Å². The molecule has 29 heavy (non-hydrogen) atoms. The second-order valence-electron chi connectivity index (χ2n) is 6.26. The highest BCUT2D eigenvalue weighted by atomic mass is 16.6. The van der Waals surface area contributed by atoms with Crippen molar-refractivity contribution >= 4 is 16.7 Å². The number of carbonyl (C=O) groups is 1. The van der Waals surface area contributed by atoms with Crippen LogP contribution in [0.5, 0.6) is 11.5 Å². The van der Waals surface area contributed by atoms with E-state index in [-0.39, 0.29) is 5.78 Å². The number of aliphatic hydroxyl groups excluding tert-OH is 1. The van der Waals surface area contributed by atoms with Gasteiger partial charge in [-0.15, -0.1) is 0 Å². The molecule has 1 atom stereocenters. The standard InChI is InChI=1S/C23H25NO5/c1-4-27-20-13-18-16(11-12-24-19(18)14-21(20)28-5-2)22(25)15-9-7-8-10-17(15)23(26)29-6-3/h7-14,23,26H,4-6H2,1-3H3. The molecule has 2 aromatic carbocycles. The number of ether oxygens (including phenoxy) is 3. The van der Waals surface area contributed by atoms with E-state index in [1.54, 1.807) is 55.6 Å². The molecule has 1 aromatic heterocycles. The van der Waals surface area contributed by atoms with Crippen LogP contribution in [-0.2, 0) is 4.74 Å². The summed E-state index contributed by atoms with van der Waals surface area (Å²) in [6, 6.07) is 12.1. The third kappa shape index (κ3) is 4.39. The molecule has 0 saturated carbocycles. The smallest absolute Gasteiger partial charge is 0.194 e. The maximum absolute atomic E-state index is 13.4. The van der Waals surface area contributed by atoms with Gasteiger partial charge >= 0.3 is 0 Å². The molecular formula is C23H25NO5. The molecule has 6 heteroatoms. The van der Waals surface area contributed by atoms with Crippen LogP contribution in [0.25, 0.3) is 10.9 Å². The Bertz CT molecular complexity index is 1000. The Morgan fingerprint density at radius 1 is 0.966 bits per heavy atom. The number of ketones is 1. The average molecular weight is 395 g/mol. The molecule has 0 bridgehead atoms. The van der Waals surface area contributed by atoms with Gasteiger partial charge in [-0.2, -0.15) is 0 Å². The van der Waals surface area contributed by atoms with Gasteiger partial charge in [0, 0.05) is 40.9 Å². The molecule has 0 aliphatic carbocycles. The van der Waals surface area contributed by atoms with Crippen molar-refractivity contribution in [1.82, 2.24) is 4.98 Å². The van der Waals surface area contributed by atoms with E-state index in [9.17, 15) is 9.90 Å². The Hall–Kier alpha value is -2.96. The Balaban J connectivity index is 2.13. The lowest BCUT2D eigenvalue weighted by molar-refractivity contribution is -0.0982. The van der Waals surface area contributed by atoms with Crippen LogP contribution in [0.4, 0.5) is 0 Å². The van der Waals surface area contributed by atoms with E-state index in [2.05, 4.69) is 4.98 Å². The van der Waals surface area contributed by atoms with Gasteiger partial charge in [-0.05, 0) is 32.9 Å². The molecule has 0 radical (unpaired) electrons. The zero-order valence-electron chi connectivity index (χ0n) is 16.8. The largest absolute Gasteiger partial charge is 0.490 e. The molecule has 152 valence electrons. The molecule has 1 unspecified atom stereocenters. The van der Waals surface area contributed by atoms with Gasteiger partial charge in [0.15, 0.2) is 23.6 Å². The van der Waals surface area contributed by atoms with Crippen LogP contribution in [0.15, 0.2) is 48.7 Å². The number of hydrogen-bond donors (Lipinski definition) is 1. The minimum atomic E-state index is -1.17. The summed E-state index contributed by atoms with van der Waals surface area (Å²) in [6.45, 7) is 6.87. The van der Waals surface area contributed by atoms with Crippen molar-refractivity contribution in [3.8, 4) is 11.5 Å². The van der Waals surface area contributed by atoms with Gasteiger partial charge < -0.3 is 19.3 Å². The Morgan fingerprint density at radius 3 is 2.34 bits per heavy atom. The minimum Gasteiger partial charge on any atom is -0.490 e. The predicted molar refractivity (Wildman–Crippen MR) is 111 cm³/mol. The van der Waals surface area contributed by atoms with Crippen molar-refractivity contribution in [2.24, 2.45) is 0 Å². The van der Waals surface area contributed by atoms with Crippen molar-refractivity contribution in [1.29, 1.82) is 0 Å². The number of pyridine rings is 1. The van der Waals surface area contributed by atoms with E-state index < -0.39 is 6.29 Å². The first-order valence-electron chi connectivity index (χ1n) is 9.72. The lowest BCUT2D eigenvalue weighted by atomic mass is 9.95. The third-order valence-electron chi connectivity index (χ3n) is 4.45. The second-order valence-corrected chi connectivity index (χ2v) is 6.26. The van der Waals surface area contributed by atoms with Gasteiger partial charge in [0.25, 0.3) is 0 Å². The van der Waals surface area contributed by atoms with Crippen LogP contribution >= 0.6 is 0 Å². The summed E-state index contributed by atoms with van der Waals surface area (Å²) >= 11 is 0. The van der Waals surface area contributed by atoms with Gasteiger partial charge in [0.2, 0.25) is 0 Å². The summed E-state index contributed by atoms with van der Waals surface area (Å²) in [5.74, 6) is 0.927. The summed E-state index contributed by atoms with van der Waals surface area (Å²) in [6.07, 6.45) is 0.421. The van der Waals surface area contributed by atoms with Gasteiger partial charge in [-0.25, -0.2) is 0 Å². The molecule has 0 spiro atoms. The summed E-state index contributed by atoms with van der Waals surface area (Å²) in [7, 11) is 0. The van der Waals surface area contributed by atoms with Crippen molar-refractivity contribution in [2.75, 3.05) is 19.8 Å². The quantitative estimate of drug-likeness (QED) is 0.430. The number of aromatic nitrogens is 1. The molecule has 0 fully saturated rings. The third-order valence-corrected chi connectivity index (χ3v) is 4.45. The Kier molecular flexibility index (Phi) is 6.80. The lowest BCUT2D eigenvalue weighted by Gasteiger charge is -2.16. The van der Waals surface area contributed by atoms with Crippen molar-refractivity contribution in [3.05, 3.63) is 65.4 Å². The van der Waals surface area contributed by atoms with E-state index in [1.165, 1.54) is 0 Å². The number of fused-ring (bicyclic) bond motifs is 1. The number of rotatable bonds is 9. The van der Waals surface area contributed by atoms with Crippen LogP contribution in [-0.4, -0.2) is 35.7 Å². The van der Waals surface area contributed by atoms with Crippen LogP contribution in [0, 0.1) is 0 Å². The van der Waals surface area contributed by atoms with Crippen LogP contribution in [0.1, 0.15) is 48.5 Å². The summed E-state index contributed by atoms with van der Waals surface area (Å²) in [4.78, 5) is 17.8. The average Bonchev–Trinajstić information content (AvgIpc) is 2.74. The van der Waals surface area contributed by atoms with Gasteiger partial charge in [0.05, 0.1) is 18.7 Å². The SMILES string of the molecule is CCOc1cc2nccc(C(=O)c3ccccc3C(O)OCC)c2cc1OCC. The molecule has 0 saturated heterocycles. The molecule has 3 rings (SSSR count). The van der Waals surface area contributed by atoms with Crippen LogP contribution < -0.4 is 9.47 Å². The Labute approximate surface area is 170 Å². The van der Waals surface area contributed by atoms with Gasteiger partial charge in [0.1, 0.15) is 0 Å². The first kappa shape index (κ1) is 20.8. The normalized spacial score (nSPS) is 12.0. The fourth-order valence-electron chi connectivity index (χ4n) is 3.20. The Morgan fingerprint density at radius 2 is 1.66 bits per heavy atom. The molecule has 1 heterocycles. The molecule has 3 aromatic rings. The fraction of sp³-hybridized carbons (Fsp3) is 0.304. The van der Waals surface area contributed by atoms with Crippen molar-refractivity contribution < 1.29 is 24.1 Å². The first-order valence-corrected chi connectivity index (χ1v) is 9.72. The molecular weight excluding hydrogens is 370 g/mol. The first-order chi connectivity index (χ1) is 14.1. The van der Waals surface area contributed by atoms with Crippen LogP contribution in [0.2, 0.25) is 0 Å². The lowest BCUT2D eigenvalue weighted by Crippen LogP contribution is -2.12. The van der Waals surface area contributed by atoms with E-state index >= 15 is 0 Å². The summed E-state index contributed by atoms with van der Waals surface area (Å²) in [5, 5.41) is 11.0. The highest BCUT2D eigenvalue weighted by molar-refractivity contribution is 6.16. The van der Waals surface area contributed by atoms with Gasteiger partial charge in [-0.3, -0.25) is 9.78 Å². The number of benzene rings is 2. The zero-order chi connectivity index (χ0) is 20.8. The maximum atomic E-state index is 13.4. The summed E-state index contributed by atoms with van der Waals surface area (Å²) < 4.78 is 16.7. The number of nitrogens with zero attached hydrogens (tertiary/aromatic N) is 1. The minimum absolute atomic E-state index is 0.224. The van der Waals surface area contributed by atoms with E-state index in [4.69, 9.17) is 14.2 Å². The number of hydrogen-bond acceptors (Lipinski definition) is 6. The zero-order valence-corrected chi connectivity index (χ0v) is 16.8. The molecule has 1 N–H and O–H groups in total. The predicted octanol–water partition coefficient (Wildman–Crippen LogP) is 4.29. The van der Waals surface area contributed by atoms with Gasteiger partial charge in [-0.1, -0.05) is 24.3 Å². The van der Waals surface area contributed by atoms with E-state index in [0.29, 0.717) is 58.9 Å². The van der Waals surface area contributed by atoms with E-state index in [0.717, 1.165) is 0 Å². The monoisotopic (exact) mass is 395 g/mol. The van der Waals surface area contributed by atoms with Crippen molar-refractivity contribution in [3.63, 3.8) is 0 Å². The molecule has 0 aliphatic rings. The summed E-state index contributed by atoms with van der Waals surface area (Å²) in [5.41, 5.74) is 1.91. The van der Waals surface area contributed by atoms with Crippen LogP contribution in [0.3, 0.4) is 0 Å². The highest BCUT2D eigenvalue weighted by Crippen LogP contribution is 2.34. The molecule has 0 amide bonds. The highest BCUT2D eigenvalue weighted by Gasteiger charge is 2.21. The molecule has 6 nitrogen and oxygen atoms in total. The number of carbonyl (C=O) groups excluding carboxylic acids is 1.